The fourth-order valence-corrected chi connectivity index (χ4v) is 1.07. The highest BCUT2D eigenvalue weighted by molar-refractivity contribution is 5.27. The van der Waals surface area contributed by atoms with Crippen molar-refractivity contribution >= 4 is 0 Å². The second kappa shape index (κ2) is 4.73. The fraction of sp³-hybridized carbons (Fsp3) is 0.182. The third kappa shape index (κ3) is 2.21. The quantitative estimate of drug-likeness (QED) is 0.617. The zero-order chi connectivity index (χ0) is 8.81. The summed E-state index contributed by atoms with van der Waals surface area (Å²) in [6.45, 7) is 3.67. The average molecular weight is 161 g/mol. The summed E-state index contributed by atoms with van der Waals surface area (Å²) in [4.78, 5) is 0. The van der Waals surface area contributed by atoms with Crippen LogP contribution in [0.3, 0.4) is 0 Å². The van der Waals surface area contributed by atoms with Crippen LogP contribution in [-0.2, 0) is 4.74 Å². The van der Waals surface area contributed by atoms with Crippen LogP contribution in [0.1, 0.15) is 12.0 Å². The number of rotatable bonds is 4. The molecule has 0 atom stereocenters. The van der Waals surface area contributed by atoms with Crippen LogP contribution >= 0.6 is 0 Å². The van der Waals surface area contributed by atoms with Crippen molar-refractivity contribution in [3.63, 3.8) is 0 Å². The van der Waals surface area contributed by atoms with E-state index in [4.69, 9.17) is 4.74 Å². The summed E-state index contributed by atoms with van der Waals surface area (Å²) in [5.41, 5.74) is 1.12. The van der Waals surface area contributed by atoms with Gasteiger partial charge in [0.15, 0.2) is 0 Å². The van der Waals surface area contributed by atoms with E-state index in [1.165, 1.54) is 0 Å². The molecule has 0 aliphatic heterocycles. The maximum absolute atomic E-state index is 5.22. The van der Waals surface area contributed by atoms with Gasteiger partial charge < -0.3 is 4.74 Å². The summed E-state index contributed by atoms with van der Waals surface area (Å²) in [5.74, 6) is 0. The molecule has 1 aromatic carbocycles. The topological polar surface area (TPSA) is 9.23 Å². The van der Waals surface area contributed by atoms with Gasteiger partial charge >= 0.3 is 0 Å². The Kier molecular flexibility index (Phi) is 3.55. The lowest BCUT2D eigenvalue weighted by molar-refractivity contribution is 0.226. The molecule has 1 aromatic rings. The molecule has 0 amide bonds. The molecule has 12 heavy (non-hydrogen) atoms. The Morgan fingerprint density at radius 2 is 2.08 bits per heavy atom. The van der Waals surface area contributed by atoms with E-state index in [0.717, 1.165) is 18.1 Å². The van der Waals surface area contributed by atoms with Gasteiger partial charge in [0.1, 0.15) is 6.10 Å². The van der Waals surface area contributed by atoms with Crippen LogP contribution < -0.4 is 0 Å². The summed E-state index contributed by atoms with van der Waals surface area (Å²) in [5, 5.41) is 0. The monoisotopic (exact) mass is 161 g/mol. The molecule has 0 aliphatic carbocycles. The molecular weight excluding hydrogens is 148 g/mol. The first kappa shape index (κ1) is 9.01. The Labute approximate surface area is 73.7 Å². The smallest absolute Gasteiger partial charge is 0.129 e. The van der Waals surface area contributed by atoms with Crippen LogP contribution in [0, 0.1) is 6.10 Å². The molecule has 0 fully saturated rings. The molecule has 63 valence electrons. The van der Waals surface area contributed by atoms with Gasteiger partial charge in [0, 0.05) is 13.5 Å². The van der Waals surface area contributed by atoms with E-state index in [0.29, 0.717) is 0 Å². The van der Waals surface area contributed by atoms with Gasteiger partial charge in [-0.25, -0.2) is 0 Å². The van der Waals surface area contributed by atoms with Crippen LogP contribution in [0.15, 0.2) is 43.0 Å². The summed E-state index contributed by atoms with van der Waals surface area (Å²) < 4.78 is 5.22. The fourth-order valence-electron chi connectivity index (χ4n) is 1.07. The van der Waals surface area contributed by atoms with Crippen LogP contribution in [0.25, 0.3) is 0 Å². The van der Waals surface area contributed by atoms with Crippen molar-refractivity contribution in [3.05, 3.63) is 54.7 Å². The van der Waals surface area contributed by atoms with Crippen LogP contribution in [0.5, 0.6) is 0 Å². The van der Waals surface area contributed by atoms with E-state index < -0.39 is 0 Å². The van der Waals surface area contributed by atoms with Crippen molar-refractivity contribution in [2.75, 3.05) is 7.11 Å². The Hall–Kier alpha value is -1.08. The van der Waals surface area contributed by atoms with E-state index in [1.807, 2.05) is 36.4 Å². The van der Waals surface area contributed by atoms with Crippen LogP contribution in [-0.4, -0.2) is 7.11 Å². The van der Waals surface area contributed by atoms with Crippen molar-refractivity contribution in [2.24, 2.45) is 0 Å². The lowest BCUT2D eigenvalue weighted by Gasteiger charge is -2.11. The van der Waals surface area contributed by atoms with Crippen molar-refractivity contribution < 1.29 is 4.74 Å². The predicted octanol–water partition coefficient (Wildman–Crippen LogP) is 2.79. The zero-order valence-electron chi connectivity index (χ0n) is 7.29. The standard InChI is InChI=1S/C11H13O/c1-3-7-11(12-2)10-8-5-4-6-9-10/h3-6,8-9H,1,7H2,2H3. The average Bonchev–Trinajstić information content (AvgIpc) is 2.15. The first-order chi connectivity index (χ1) is 5.88. The minimum absolute atomic E-state index is 0.778. The molecule has 0 heterocycles. The third-order valence-electron chi connectivity index (χ3n) is 1.67. The van der Waals surface area contributed by atoms with Crippen LogP contribution in [0.2, 0.25) is 0 Å². The Morgan fingerprint density at radius 3 is 2.58 bits per heavy atom. The third-order valence-corrected chi connectivity index (χ3v) is 1.67. The molecule has 1 nitrogen and oxygen atoms in total. The zero-order valence-corrected chi connectivity index (χ0v) is 7.29. The summed E-state index contributed by atoms with van der Waals surface area (Å²) in [7, 11) is 1.69. The van der Waals surface area contributed by atoms with Gasteiger partial charge in [0.2, 0.25) is 0 Å². The summed E-state index contributed by atoms with van der Waals surface area (Å²) >= 11 is 0. The molecule has 0 aromatic heterocycles. The first-order valence-electron chi connectivity index (χ1n) is 3.94. The summed E-state index contributed by atoms with van der Waals surface area (Å²) in [6.07, 6.45) is 3.58. The molecule has 0 spiro atoms. The molecule has 0 saturated heterocycles. The number of methoxy groups -OCH3 is 1. The summed E-state index contributed by atoms with van der Waals surface area (Å²) in [6, 6.07) is 10.0. The van der Waals surface area contributed by atoms with E-state index in [9.17, 15) is 0 Å². The number of benzene rings is 1. The Bertz CT molecular complexity index is 228. The molecule has 0 aliphatic rings. The lowest BCUT2D eigenvalue weighted by atomic mass is 10.1. The SMILES string of the molecule is C=CC[C](OC)c1ccccc1. The maximum atomic E-state index is 5.22. The van der Waals surface area contributed by atoms with Gasteiger partial charge in [-0.3, -0.25) is 0 Å². The van der Waals surface area contributed by atoms with Crippen molar-refractivity contribution in [1.29, 1.82) is 0 Å². The molecular formula is C11H13O. The minimum Gasteiger partial charge on any atom is -0.370 e. The van der Waals surface area contributed by atoms with Crippen molar-refractivity contribution in [3.8, 4) is 0 Å². The van der Waals surface area contributed by atoms with Gasteiger partial charge in [-0.05, 0) is 5.56 Å². The predicted molar refractivity (Wildman–Crippen MR) is 50.6 cm³/mol. The molecule has 1 radical (unpaired) electrons. The molecule has 0 unspecified atom stereocenters. The largest absolute Gasteiger partial charge is 0.370 e. The van der Waals surface area contributed by atoms with Gasteiger partial charge in [0.05, 0.1) is 0 Å². The van der Waals surface area contributed by atoms with Crippen molar-refractivity contribution in [1.82, 2.24) is 0 Å². The molecule has 0 saturated carbocycles. The normalized spacial score (nSPS) is 10.2. The van der Waals surface area contributed by atoms with Crippen molar-refractivity contribution in [2.45, 2.75) is 6.42 Å². The molecule has 1 heteroatoms. The van der Waals surface area contributed by atoms with Gasteiger partial charge in [-0.2, -0.15) is 0 Å². The number of hydrogen-bond donors (Lipinski definition) is 0. The molecule has 1 rings (SSSR count). The minimum atomic E-state index is 0.778. The van der Waals surface area contributed by atoms with E-state index in [-0.39, 0.29) is 0 Å². The lowest BCUT2D eigenvalue weighted by Crippen LogP contribution is -2.00. The molecule has 0 bridgehead atoms. The van der Waals surface area contributed by atoms with Gasteiger partial charge in [-0.1, -0.05) is 36.4 Å². The Balaban J connectivity index is 2.72. The van der Waals surface area contributed by atoms with E-state index in [1.54, 1.807) is 7.11 Å². The number of ether oxygens (including phenoxy) is 1. The maximum Gasteiger partial charge on any atom is 0.129 e. The van der Waals surface area contributed by atoms with E-state index in [2.05, 4.69) is 6.58 Å². The van der Waals surface area contributed by atoms with Gasteiger partial charge in [0.25, 0.3) is 0 Å². The molecule has 0 N–H and O–H groups in total. The number of hydrogen-bond acceptors (Lipinski definition) is 1. The van der Waals surface area contributed by atoms with Crippen LogP contribution in [0.4, 0.5) is 0 Å². The highest BCUT2D eigenvalue weighted by Gasteiger charge is 2.07. The Morgan fingerprint density at radius 1 is 1.42 bits per heavy atom. The van der Waals surface area contributed by atoms with Gasteiger partial charge in [-0.15, -0.1) is 6.58 Å². The second-order valence-electron chi connectivity index (χ2n) is 2.49. The first-order valence-corrected chi connectivity index (χ1v) is 3.94. The highest BCUT2D eigenvalue weighted by Crippen LogP contribution is 2.18. The second-order valence-corrected chi connectivity index (χ2v) is 2.49. The van der Waals surface area contributed by atoms with E-state index >= 15 is 0 Å². The highest BCUT2D eigenvalue weighted by atomic mass is 16.5.